The average Bonchev–Trinajstić information content (AvgIpc) is 3.56. The lowest BCUT2D eigenvalue weighted by Gasteiger charge is -2.26. The molecule has 9 rings (SSSR count). The maximum atomic E-state index is 3.36. The standard InChI is InChI=1S/C46H32N2.C4H6/c1-2-12-39(13-3-1)47(41-28-24-36(25-29-41)38-19-18-33-10-4-5-11-37(33)32-38)40-26-20-34(21-27-40)35-22-30-42(31-23-35)48-45-16-8-6-14-43(45)44-15-7-9-17-46(44)48;1-3-4-2/h1-32H;3-4H,1-2H2. The molecule has 0 aliphatic rings. The van der Waals surface area contributed by atoms with Gasteiger partial charge in [0.25, 0.3) is 0 Å². The van der Waals surface area contributed by atoms with Crippen LogP contribution in [0.1, 0.15) is 0 Å². The summed E-state index contributed by atoms with van der Waals surface area (Å²) in [5.74, 6) is 0. The molecule has 248 valence electrons. The van der Waals surface area contributed by atoms with Crippen LogP contribution in [0.15, 0.2) is 219 Å². The highest BCUT2D eigenvalue weighted by Crippen LogP contribution is 2.37. The van der Waals surface area contributed by atoms with Gasteiger partial charge >= 0.3 is 0 Å². The van der Waals surface area contributed by atoms with Crippen molar-refractivity contribution >= 4 is 49.6 Å². The fourth-order valence-electron chi connectivity index (χ4n) is 7.00. The summed E-state index contributed by atoms with van der Waals surface area (Å²) in [6.07, 6.45) is 3.28. The lowest BCUT2D eigenvalue weighted by Crippen LogP contribution is -2.09. The molecule has 0 aliphatic heterocycles. The van der Waals surface area contributed by atoms with Crippen LogP contribution in [0, 0.1) is 0 Å². The molecular weight excluding hydrogens is 629 g/mol. The highest BCUT2D eigenvalue weighted by molar-refractivity contribution is 6.09. The Morgan fingerprint density at radius 3 is 1.35 bits per heavy atom. The highest BCUT2D eigenvalue weighted by atomic mass is 15.1. The van der Waals surface area contributed by atoms with Crippen LogP contribution in [-0.2, 0) is 0 Å². The van der Waals surface area contributed by atoms with Crippen LogP contribution in [0.4, 0.5) is 17.1 Å². The topological polar surface area (TPSA) is 8.17 Å². The summed E-state index contributed by atoms with van der Waals surface area (Å²) in [6.45, 7) is 6.72. The van der Waals surface area contributed by atoms with Crippen LogP contribution in [0.5, 0.6) is 0 Å². The fourth-order valence-corrected chi connectivity index (χ4v) is 7.00. The van der Waals surface area contributed by atoms with Crippen LogP contribution in [0.25, 0.3) is 60.5 Å². The molecule has 0 saturated heterocycles. The first-order chi connectivity index (χ1) is 25.7. The number of allylic oxidation sites excluding steroid dienone is 2. The van der Waals surface area contributed by atoms with Gasteiger partial charge in [0.05, 0.1) is 11.0 Å². The minimum absolute atomic E-state index is 1.12. The molecule has 0 unspecified atom stereocenters. The Bertz CT molecular complexity index is 2570. The number of nitrogens with zero attached hydrogens (tertiary/aromatic N) is 2. The zero-order valence-corrected chi connectivity index (χ0v) is 28.9. The number of benzene rings is 8. The van der Waals surface area contributed by atoms with E-state index in [1.54, 1.807) is 12.2 Å². The normalized spacial score (nSPS) is 10.8. The maximum absolute atomic E-state index is 3.36. The van der Waals surface area contributed by atoms with Crippen LogP contribution >= 0.6 is 0 Å². The van der Waals surface area contributed by atoms with E-state index in [2.05, 4.69) is 217 Å². The summed E-state index contributed by atoms with van der Waals surface area (Å²) < 4.78 is 2.36. The molecule has 0 amide bonds. The maximum Gasteiger partial charge on any atom is 0.0541 e. The first-order valence-corrected chi connectivity index (χ1v) is 17.6. The molecule has 52 heavy (non-hydrogen) atoms. The van der Waals surface area contributed by atoms with Gasteiger partial charge in [-0.2, -0.15) is 0 Å². The van der Waals surface area contributed by atoms with Crippen LogP contribution in [0.2, 0.25) is 0 Å². The Morgan fingerprint density at radius 2 is 0.788 bits per heavy atom. The van der Waals surface area contributed by atoms with Gasteiger partial charge in [-0.1, -0.05) is 153 Å². The molecule has 1 aromatic heterocycles. The Labute approximate surface area is 305 Å². The Balaban J connectivity index is 0.000000922. The van der Waals surface area contributed by atoms with Crippen LogP contribution in [-0.4, -0.2) is 4.57 Å². The zero-order valence-electron chi connectivity index (χ0n) is 28.9. The third-order valence-electron chi connectivity index (χ3n) is 9.55. The van der Waals surface area contributed by atoms with Crippen molar-refractivity contribution in [3.8, 4) is 27.9 Å². The van der Waals surface area contributed by atoms with Gasteiger partial charge in [-0.15, -0.1) is 0 Å². The van der Waals surface area contributed by atoms with Crippen LogP contribution < -0.4 is 4.90 Å². The highest BCUT2D eigenvalue weighted by Gasteiger charge is 2.14. The van der Waals surface area contributed by atoms with E-state index in [0.717, 1.165) is 22.7 Å². The minimum atomic E-state index is 1.12. The summed E-state index contributed by atoms with van der Waals surface area (Å²) in [7, 11) is 0. The Kier molecular flexibility index (Phi) is 9.03. The molecule has 8 aromatic carbocycles. The smallest absolute Gasteiger partial charge is 0.0541 e. The van der Waals surface area contributed by atoms with Gasteiger partial charge in [-0.25, -0.2) is 0 Å². The number of anilines is 3. The van der Waals surface area contributed by atoms with E-state index in [1.165, 1.54) is 54.8 Å². The van der Waals surface area contributed by atoms with Crippen LogP contribution in [0.3, 0.4) is 0 Å². The summed E-state index contributed by atoms with van der Waals surface area (Å²) >= 11 is 0. The summed E-state index contributed by atoms with van der Waals surface area (Å²) in [5.41, 5.74) is 11.8. The molecule has 0 fully saturated rings. The largest absolute Gasteiger partial charge is 0.311 e. The molecular formula is C50H38N2. The van der Waals surface area contributed by atoms with Gasteiger partial charge in [0, 0.05) is 33.5 Å². The Hall–Kier alpha value is -6.90. The number of para-hydroxylation sites is 3. The van der Waals surface area contributed by atoms with Gasteiger partial charge in [0.2, 0.25) is 0 Å². The SMILES string of the molecule is C=CC=C.c1ccc(N(c2ccc(-c3ccc(-n4c5ccccc5c5ccccc54)cc3)cc2)c2ccc(-c3ccc4ccccc4c3)cc2)cc1. The number of hydrogen-bond donors (Lipinski definition) is 0. The van der Waals surface area contributed by atoms with E-state index < -0.39 is 0 Å². The van der Waals surface area contributed by atoms with Crippen molar-refractivity contribution in [2.75, 3.05) is 4.90 Å². The molecule has 0 bridgehead atoms. The van der Waals surface area contributed by atoms with Gasteiger partial charge < -0.3 is 9.47 Å². The molecule has 0 aliphatic carbocycles. The van der Waals surface area contributed by atoms with Gasteiger partial charge in [-0.3, -0.25) is 0 Å². The first kappa shape index (κ1) is 32.3. The van der Waals surface area contributed by atoms with E-state index in [-0.39, 0.29) is 0 Å². The van der Waals surface area contributed by atoms with E-state index in [0.29, 0.717) is 0 Å². The van der Waals surface area contributed by atoms with Gasteiger partial charge in [0.15, 0.2) is 0 Å². The monoisotopic (exact) mass is 666 g/mol. The molecule has 0 radical (unpaired) electrons. The molecule has 0 spiro atoms. The third-order valence-corrected chi connectivity index (χ3v) is 9.55. The van der Waals surface area contributed by atoms with Crippen molar-refractivity contribution in [3.63, 3.8) is 0 Å². The van der Waals surface area contributed by atoms with E-state index in [4.69, 9.17) is 0 Å². The quantitative estimate of drug-likeness (QED) is 0.154. The predicted octanol–water partition coefficient (Wildman–Crippen LogP) is 14.1. The van der Waals surface area contributed by atoms with Crippen molar-refractivity contribution in [1.29, 1.82) is 0 Å². The summed E-state index contributed by atoms with van der Waals surface area (Å²) in [4.78, 5) is 2.32. The van der Waals surface area contributed by atoms with Gasteiger partial charge in [0.1, 0.15) is 0 Å². The molecule has 0 saturated carbocycles. The van der Waals surface area contributed by atoms with Crippen molar-refractivity contribution in [2.24, 2.45) is 0 Å². The first-order valence-electron chi connectivity index (χ1n) is 17.6. The van der Waals surface area contributed by atoms with Crippen molar-refractivity contribution in [3.05, 3.63) is 219 Å². The molecule has 2 heteroatoms. The van der Waals surface area contributed by atoms with E-state index in [9.17, 15) is 0 Å². The third kappa shape index (κ3) is 6.30. The Morgan fingerprint density at radius 1 is 0.365 bits per heavy atom. The number of rotatable bonds is 7. The second-order valence-corrected chi connectivity index (χ2v) is 12.7. The molecule has 9 aromatic rings. The number of hydrogen-bond acceptors (Lipinski definition) is 1. The van der Waals surface area contributed by atoms with E-state index >= 15 is 0 Å². The lowest BCUT2D eigenvalue weighted by atomic mass is 10.0. The number of aromatic nitrogens is 1. The van der Waals surface area contributed by atoms with Crippen molar-refractivity contribution in [1.82, 2.24) is 4.57 Å². The second kappa shape index (κ2) is 14.5. The molecule has 1 heterocycles. The van der Waals surface area contributed by atoms with E-state index in [1.807, 2.05) is 0 Å². The molecule has 0 atom stereocenters. The zero-order chi connectivity index (χ0) is 35.3. The summed E-state index contributed by atoms with van der Waals surface area (Å²) in [5, 5.41) is 5.07. The second-order valence-electron chi connectivity index (χ2n) is 12.7. The lowest BCUT2D eigenvalue weighted by molar-refractivity contribution is 1.18. The minimum Gasteiger partial charge on any atom is -0.311 e. The van der Waals surface area contributed by atoms with Gasteiger partial charge in [-0.05, 0) is 99.8 Å². The summed E-state index contributed by atoms with van der Waals surface area (Å²) in [6, 6.07) is 69.8. The predicted molar refractivity (Wildman–Crippen MR) is 224 cm³/mol. The molecule has 2 nitrogen and oxygen atoms in total. The van der Waals surface area contributed by atoms with Crippen molar-refractivity contribution in [2.45, 2.75) is 0 Å². The average molecular weight is 667 g/mol. The fraction of sp³-hybridized carbons (Fsp3) is 0. The number of fused-ring (bicyclic) bond motifs is 4. The van der Waals surface area contributed by atoms with Crippen molar-refractivity contribution < 1.29 is 0 Å². The molecule has 0 N–H and O–H groups in total.